The minimum Gasteiger partial charge on any atom is -0.289 e. The van der Waals surface area contributed by atoms with Crippen LogP contribution >= 0.6 is 34.8 Å². The number of hydrogen-bond donors (Lipinski definition) is 2. The highest BCUT2D eigenvalue weighted by molar-refractivity contribution is 7.95. The van der Waals surface area contributed by atoms with E-state index in [0.717, 1.165) is 0 Å². The van der Waals surface area contributed by atoms with Gasteiger partial charge < -0.3 is 0 Å². The molecule has 0 aromatic heterocycles. The molecule has 1 aromatic carbocycles. The third-order valence-electron chi connectivity index (χ3n) is 2.28. The van der Waals surface area contributed by atoms with Crippen molar-refractivity contribution in [2.75, 3.05) is 6.54 Å². The van der Waals surface area contributed by atoms with Crippen molar-refractivity contribution in [2.45, 2.75) is 9.67 Å². The van der Waals surface area contributed by atoms with Gasteiger partial charge in [0.1, 0.15) is 0 Å². The van der Waals surface area contributed by atoms with Gasteiger partial charge in [-0.05, 0) is 5.56 Å². The summed E-state index contributed by atoms with van der Waals surface area (Å²) < 4.78 is 22.2. The summed E-state index contributed by atoms with van der Waals surface area (Å²) in [4.78, 5) is 11.2. The fraction of sp³-hybridized carbons (Fsp3) is 0.300. The first-order chi connectivity index (χ1) is 9.18. The Labute approximate surface area is 131 Å². The maximum absolute atomic E-state index is 12.1. The molecule has 20 heavy (non-hydrogen) atoms. The highest BCUT2D eigenvalue weighted by atomic mass is 35.6. The SMILES string of the molecule is O=C(CN(Cc1ccccc1)S(=O)(=O)C(Cl)(Cl)Cl)NO. The van der Waals surface area contributed by atoms with Gasteiger partial charge in [-0.25, -0.2) is 13.9 Å². The normalized spacial score (nSPS) is 12.4. The first kappa shape index (κ1) is 17.5. The number of nitrogens with one attached hydrogen (secondary N) is 1. The fourth-order valence-corrected chi connectivity index (χ4v) is 3.13. The minimum absolute atomic E-state index is 0.176. The smallest absolute Gasteiger partial charge is 0.289 e. The quantitative estimate of drug-likeness (QED) is 0.474. The van der Waals surface area contributed by atoms with E-state index in [2.05, 4.69) is 0 Å². The summed E-state index contributed by atoms with van der Waals surface area (Å²) >= 11 is 16.3. The minimum atomic E-state index is -4.38. The van der Waals surface area contributed by atoms with Crippen LogP contribution in [0.4, 0.5) is 0 Å². The van der Waals surface area contributed by atoms with E-state index < -0.39 is 25.6 Å². The molecule has 0 heterocycles. The predicted molar refractivity (Wildman–Crippen MR) is 76.0 cm³/mol. The molecule has 0 bridgehead atoms. The molecule has 0 saturated heterocycles. The van der Waals surface area contributed by atoms with Crippen LogP contribution in [-0.2, 0) is 21.4 Å². The lowest BCUT2D eigenvalue weighted by Crippen LogP contribution is -2.44. The maximum Gasteiger partial charge on any atom is 0.306 e. The molecule has 0 fully saturated rings. The molecule has 0 aliphatic heterocycles. The van der Waals surface area contributed by atoms with Crippen LogP contribution in [0.15, 0.2) is 30.3 Å². The van der Waals surface area contributed by atoms with Gasteiger partial charge in [-0.2, -0.15) is 4.31 Å². The molecule has 6 nitrogen and oxygen atoms in total. The Morgan fingerprint density at radius 1 is 1.25 bits per heavy atom. The lowest BCUT2D eigenvalue weighted by atomic mass is 10.2. The maximum atomic E-state index is 12.1. The van der Waals surface area contributed by atoms with Crippen LogP contribution in [0.25, 0.3) is 0 Å². The van der Waals surface area contributed by atoms with Gasteiger partial charge in [-0.3, -0.25) is 10.0 Å². The largest absolute Gasteiger partial charge is 0.306 e. The molecule has 1 aromatic rings. The predicted octanol–water partition coefficient (Wildman–Crippen LogP) is 1.65. The standard InChI is InChI=1S/C10H11Cl3N2O4S/c11-10(12,13)20(18,19)15(7-9(16)14-17)6-8-4-2-1-3-5-8/h1-5,17H,6-7H2,(H,14,16). The van der Waals surface area contributed by atoms with Gasteiger partial charge in [0.15, 0.2) is 0 Å². The van der Waals surface area contributed by atoms with Gasteiger partial charge in [-0.1, -0.05) is 65.1 Å². The second kappa shape index (κ2) is 6.93. The molecule has 0 atom stereocenters. The van der Waals surface area contributed by atoms with Gasteiger partial charge in [0, 0.05) is 6.54 Å². The van der Waals surface area contributed by atoms with Gasteiger partial charge in [-0.15, -0.1) is 0 Å². The van der Waals surface area contributed by atoms with Crippen molar-refractivity contribution in [1.29, 1.82) is 0 Å². The summed E-state index contributed by atoms with van der Waals surface area (Å²) in [5.41, 5.74) is 1.92. The van der Waals surface area contributed by atoms with Crippen molar-refractivity contribution < 1.29 is 18.4 Å². The highest BCUT2D eigenvalue weighted by Gasteiger charge is 2.43. The van der Waals surface area contributed by atoms with Gasteiger partial charge >= 0.3 is 3.12 Å². The van der Waals surface area contributed by atoms with Crippen LogP contribution in [-0.4, -0.2) is 33.5 Å². The lowest BCUT2D eigenvalue weighted by molar-refractivity contribution is -0.129. The molecule has 2 N–H and O–H groups in total. The van der Waals surface area contributed by atoms with Crippen molar-refractivity contribution >= 4 is 50.7 Å². The molecule has 0 unspecified atom stereocenters. The van der Waals surface area contributed by atoms with Crippen LogP contribution in [0.2, 0.25) is 0 Å². The number of rotatable bonds is 5. The number of amides is 1. The van der Waals surface area contributed by atoms with Crippen molar-refractivity contribution in [3.8, 4) is 0 Å². The number of halogens is 3. The molecule has 112 valence electrons. The molecule has 0 aliphatic rings. The Kier molecular flexibility index (Phi) is 6.06. The molecule has 0 radical (unpaired) electrons. The van der Waals surface area contributed by atoms with Crippen molar-refractivity contribution in [3.05, 3.63) is 35.9 Å². The molecular formula is C10H11Cl3N2O4S. The summed E-state index contributed by atoms with van der Waals surface area (Å²) in [7, 11) is -4.38. The Hall–Kier alpha value is -0.570. The van der Waals surface area contributed by atoms with Crippen LogP contribution in [0.1, 0.15) is 5.56 Å². The number of sulfonamides is 1. The monoisotopic (exact) mass is 360 g/mol. The Balaban J connectivity index is 3.06. The number of hydrogen-bond acceptors (Lipinski definition) is 4. The molecule has 0 aliphatic carbocycles. The van der Waals surface area contributed by atoms with E-state index in [0.29, 0.717) is 9.87 Å². The summed E-state index contributed by atoms with van der Waals surface area (Å²) in [6.45, 7) is -0.855. The van der Waals surface area contributed by atoms with Gasteiger partial charge in [0.05, 0.1) is 6.54 Å². The third kappa shape index (κ3) is 4.47. The number of hydroxylamine groups is 1. The zero-order valence-electron chi connectivity index (χ0n) is 9.96. The van der Waals surface area contributed by atoms with E-state index in [1.54, 1.807) is 30.3 Å². The van der Waals surface area contributed by atoms with E-state index in [1.165, 1.54) is 5.48 Å². The van der Waals surface area contributed by atoms with Crippen LogP contribution in [0.5, 0.6) is 0 Å². The van der Waals surface area contributed by atoms with Gasteiger partial charge in [0.2, 0.25) is 0 Å². The van der Waals surface area contributed by atoms with E-state index in [-0.39, 0.29) is 6.54 Å². The highest BCUT2D eigenvalue weighted by Crippen LogP contribution is 2.35. The second-order valence-electron chi connectivity index (χ2n) is 3.74. The fourth-order valence-electron chi connectivity index (χ4n) is 1.35. The van der Waals surface area contributed by atoms with Crippen LogP contribution < -0.4 is 5.48 Å². The lowest BCUT2D eigenvalue weighted by Gasteiger charge is -2.25. The number of carbonyl (C=O) groups is 1. The van der Waals surface area contributed by atoms with E-state index >= 15 is 0 Å². The summed E-state index contributed by atoms with van der Waals surface area (Å²) in [6, 6.07) is 8.44. The third-order valence-corrected chi connectivity index (χ3v) is 5.56. The molecule has 0 spiro atoms. The van der Waals surface area contributed by atoms with E-state index in [9.17, 15) is 13.2 Å². The molecule has 10 heteroatoms. The Morgan fingerprint density at radius 2 is 1.80 bits per heavy atom. The molecular weight excluding hydrogens is 351 g/mol. The van der Waals surface area contributed by atoms with Crippen molar-refractivity contribution in [3.63, 3.8) is 0 Å². The van der Waals surface area contributed by atoms with E-state index in [4.69, 9.17) is 40.0 Å². The summed E-state index contributed by atoms with van der Waals surface area (Å²) in [6.07, 6.45) is 0. The second-order valence-corrected chi connectivity index (χ2v) is 8.77. The van der Waals surface area contributed by atoms with E-state index in [1.807, 2.05) is 0 Å². The number of carbonyl (C=O) groups excluding carboxylic acids is 1. The molecule has 1 amide bonds. The first-order valence-corrected chi connectivity index (χ1v) is 7.79. The molecule has 0 saturated carbocycles. The summed E-state index contributed by atoms with van der Waals surface area (Å²) in [5, 5.41) is 8.50. The number of nitrogens with zero attached hydrogens (tertiary/aromatic N) is 1. The topological polar surface area (TPSA) is 86.7 Å². The Morgan fingerprint density at radius 3 is 2.25 bits per heavy atom. The summed E-state index contributed by atoms with van der Waals surface area (Å²) in [5.74, 6) is -0.946. The van der Waals surface area contributed by atoms with Gasteiger partial charge in [0.25, 0.3) is 15.9 Å². The van der Waals surface area contributed by atoms with Crippen LogP contribution in [0.3, 0.4) is 0 Å². The first-order valence-electron chi connectivity index (χ1n) is 5.21. The Bertz CT molecular complexity index is 560. The van der Waals surface area contributed by atoms with Crippen molar-refractivity contribution in [1.82, 2.24) is 9.79 Å². The zero-order valence-corrected chi connectivity index (χ0v) is 13.0. The number of alkyl halides is 3. The van der Waals surface area contributed by atoms with Crippen LogP contribution in [0, 0.1) is 0 Å². The average molecular weight is 362 g/mol. The average Bonchev–Trinajstić information content (AvgIpc) is 2.37. The number of benzene rings is 1. The molecule has 1 rings (SSSR count). The zero-order chi connectivity index (χ0) is 15.4. The van der Waals surface area contributed by atoms with Crippen molar-refractivity contribution in [2.24, 2.45) is 0 Å².